The lowest BCUT2D eigenvalue weighted by Crippen LogP contribution is -2.49. The molecule has 7 heteroatoms. The highest BCUT2D eigenvalue weighted by molar-refractivity contribution is 5.85. The summed E-state index contributed by atoms with van der Waals surface area (Å²) < 4.78 is 5.33. The molecular weight excluding hydrogens is 270 g/mol. The zero-order valence-corrected chi connectivity index (χ0v) is 12.6. The Hall–Kier alpha value is -1.89. The fourth-order valence-corrected chi connectivity index (χ4v) is 2.55. The van der Waals surface area contributed by atoms with Crippen molar-refractivity contribution in [2.45, 2.75) is 38.8 Å². The molecule has 0 aromatic carbocycles. The molecule has 116 valence electrons. The van der Waals surface area contributed by atoms with Crippen molar-refractivity contribution >= 4 is 17.5 Å². The maximum atomic E-state index is 12.0. The number of piperidine rings is 1. The third kappa shape index (κ3) is 3.81. The van der Waals surface area contributed by atoms with E-state index in [1.165, 1.54) is 0 Å². The summed E-state index contributed by atoms with van der Waals surface area (Å²) in [5, 5.41) is 2.72. The summed E-state index contributed by atoms with van der Waals surface area (Å²) in [6.07, 6.45) is 2.91. The van der Waals surface area contributed by atoms with Crippen LogP contribution in [0.5, 0.6) is 0 Å². The summed E-state index contributed by atoms with van der Waals surface area (Å²) in [4.78, 5) is 22.7. The van der Waals surface area contributed by atoms with Gasteiger partial charge in [0.25, 0.3) is 0 Å². The molecule has 21 heavy (non-hydrogen) atoms. The van der Waals surface area contributed by atoms with Crippen LogP contribution in [0.15, 0.2) is 6.07 Å². The number of aromatic nitrogens is 2. The van der Waals surface area contributed by atoms with Gasteiger partial charge in [-0.05, 0) is 26.2 Å². The van der Waals surface area contributed by atoms with Gasteiger partial charge < -0.3 is 20.7 Å². The molecular formula is C14H23N5O2. The van der Waals surface area contributed by atoms with Crippen molar-refractivity contribution in [2.24, 2.45) is 0 Å². The summed E-state index contributed by atoms with van der Waals surface area (Å²) in [5.74, 6) is 1.66. The van der Waals surface area contributed by atoms with Gasteiger partial charge in [-0.1, -0.05) is 0 Å². The van der Waals surface area contributed by atoms with Crippen LogP contribution >= 0.6 is 0 Å². The van der Waals surface area contributed by atoms with Crippen molar-refractivity contribution < 1.29 is 9.53 Å². The van der Waals surface area contributed by atoms with Gasteiger partial charge in [0.2, 0.25) is 5.91 Å². The second-order valence-electron chi connectivity index (χ2n) is 5.02. The van der Waals surface area contributed by atoms with E-state index in [9.17, 15) is 4.79 Å². The maximum Gasteiger partial charge on any atom is 0.242 e. The van der Waals surface area contributed by atoms with Crippen LogP contribution in [0, 0.1) is 0 Å². The summed E-state index contributed by atoms with van der Waals surface area (Å²) in [6.45, 7) is 3.63. The lowest BCUT2D eigenvalue weighted by molar-refractivity contribution is -0.122. The zero-order chi connectivity index (χ0) is 15.2. The number of likely N-dealkylation sites (N-methyl/N-ethyl adjacent to an activating group) is 1. The average Bonchev–Trinajstić information content (AvgIpc) is 2.51. The summed E-state index contributed by atoms with van der Waals surface area (Å²) in [6, 6.07) is 1.52. The fraction of sp³-hybridized carbons (Fsp3) is 0.643. The van der Waals surface area contributed by atoms with E-state index in [1.807, 2.05) is 11.8 Å². The van der Waals surface area contributed by atoms with Gasteiger partial charge in [-0.25, -0.2) is 9.97 Å². The Kier molecular flexibility index (Phi) is 5.32. The number of carbonyl (C=O) groups is 1. The summed E-state index contributed by atoms with van der Waals surface area (Å²) in [7, 11) is 1.66. The second kappa shape index (κ2) is 7.21. The number of nitrogens with two attached hydrogens (primary N) is 1. The molecule has 2 heterocycles. The Bertz CT molecular complexity index is 494. The van der Waals surface area contributed by atoms with E-state index >= 15 is 0 Å². The molecule has 1 fully saturated rings. The van der Waals surface area contributed by atoms with Crippen LogP contribution < -0.4 is 16.0 Å². The monoisotopic (exact) mass is 293 g/mol. The quantitative estimate of drug-likeness (QED) is 0.830. The molecule has 0 radical (unpaired) electrons. The number of amides is 1. The van der Waals surface area contributed by atoms with Crippen molar-refractivity contribution in [1.82, 2.24) is 15.3 Å². The molecule has 7 nitrogen and oxygen atoms in total. The van der Waals surface area contributed by atoms with Gasteiger partial charge in [0.05, 0.1) is 0 Å². The SMILES string of the molecule is CCOCc1nc(N)cc(N2CCCCC2C(=O)NC)n1. The van der Waals surface area contributed by atoms with Gasteiger partial charge in [-0.2, -0.15) is 0 Å². The molecule has 1 atom stereocenters. The third-order valence-electron chi connectivity index (χ3n) is 3.56. The lowest BCUT2D eigenvalue weighted by Gasteiger charge is -2.35. The minimum Gasteiger partial charge on any atom is -0.384 e. The van der Waals surface area contributed by atoms with Crippen molar-refractivity contribution in [3.05, 3.63) is 11.9 Å². The van der Waals surface area contributed by atoms with Crippen LogP contribution in [0.2, 0.25) is 0 Å². The minimum atomic E-state index is -0.196. The standard InChI is InChI=1S/C14H23N5O2/c1-3-21-9-12-17-11(15)8-13(18-12)19-7-5-4-6-10(19)14(20)16-2/h8,10H,3-7,9H2,1-2H3,(H,16,20)(H2,15,17,18). The van der Waals surface area contributed by atoms with E-state index in [2.05, 4.69) is 15.3 Å². The number of hydrogen-bond acceptors (Lipinski definition) is 6. The van der Waals surface area contributed by atoms with Gasteiger partial charge in [0, 0.05) is 26.3 Å². The summed E-state index contributed by atoms with van der Waals surface area (Å²) in [5.41, 5.74) is 5.86. The van der Waals surface area contributed by atoms with E-state index < -0.39 is 0 Å². The van der Waals surface area contributed by atoms with E-state index in [-0.39, 0.29) is 11.9 Å². The molecule has 1 aliphatic heterocycles. The average molecular weight is 293 g/mol. The van der Waals surface area contributed by atoms with Gasteiger partial charge >= 0.3 is 0 Å². The van der Waals surface area contributed by atoms with Gasteiger partial charge in [-0.3, -0.25) is 4.79 Å². The minimum absolute atomic E-state index is 0.0123. The van der Waals surface area contributed by atoms with Gasteiger partial charge in [0.15, 0.2) is 5.82 Å². The van der Waals surface area contributed by atoms with E-state index in [4.69, 9.17) is 10.5 Å². The Morgan fingerprint density at radius 2 is 2.33 bits per heavy atom. The molecule has 1 aromatic rings. The number of ether oxygens (including phenoxy) is 1. The number of anilines is 2. The largest absolute Gasteiger partial charge is 0.384 e. The first-order valence-electron chi connectivity index (χ1n) is 7.35. The predicted octanol–water partition coefficient (Wildman–Crippen LogP) is 0.700. The molecule has 2 rings (SSSR count). The first kappa shape index (κ1) is 15.5. The van der Waals surface area contributed by atoms with E-state index in [0.29, 0.717) is 30.7 Å². The Morgan fingerprint density at radius 1 is 1.52 bits per heavy atom. The smallest absolute Gasteiger partial charge is 0.242 e. The molecule has 1 saturated heterocycles. The maximum absolute atomic E-state index is 12.0. The molecule has 1 unspecified atom stereocenters. The first-order chi connectivity index (χ1) is 10.2. The zero-order valence-electron chi connectivity index (χ0n) is 12.6. The van der Waals surface area contributed by atoms with Crippen LogP contribution in [0.1, 0.15) is 32.0 Å². The van der Waals surface area contributed by atoms with Crippen molar-refractivity contribution in [1.29, 1.82) is 0 Å². The molecule has 1 amide bonds. The Morgan fingerprint density at radius 3 is 3.05 bits per heavy atom. The third-order valence-corrected chi connectivity index (χ3v) is 3.56. The number of nitrogen functional groups attached to an aromatic ring is 1. The Balaban J connectivity index is 2.25. The van der Waals surface area contributed by atoms with Crippen molar-refractivity contribution in [2.75, 3.05) is 30.8 Å². The predicted molar refractivity (Wildman–Crippen MR) is 80.8 cm³/mol. The molecule has 1 aliphatic rings. The van der Waals surface area contributed by atoms with Gasteiger partial charge in [0.1, 0.15) is 24.3 Å². The number of nitrogens with zero attached hydrogens (tertiary/aromatic N) is 3. The molecule has 0 saturated carbocycles. The van der Waals surface area contributed by atoms with Gasteiger partial charge in [-0.15, -0.1) is 0 Å². The van der Waals surface area contributed by atoms with Crippen LogP contribution in [0.4, 0.5) is 11.6 Å². The molecule has 0 bridgehead atoms. The highest BCUT2D eigenvalue weighted by Gasteiger charge is 2.29. The normalized spacial score (nSPS) is 18.6. The van der Waals surface area contributed by atoms with Crippen LogP contribution in [0.3, 0.4) is 0 Å². The van der Waals surface area contributed by atoms with Crippen molar-refractivity contribution in [3.8, 4) is 0 Å². The summed E-state index contributed by atoms with van der Waals surface area (Å²) >= 11 is 0. The number of rotatable bonds is 5. The Labute approximate surface area is 124 Å². The molecule has 1 aromatic heterocycles. The number of hydrogen-bond donors (Lipinski definition) is 2. The van der Waals surface area contributed by atoms with Crippen LogP contribution in [-0.4, -0.2) is 42.1 Å². The highest BCUT2D eigenvalue weighted by atomic mass is 16.5. The topological polar surface area (TPSA) is 93.4 Å². The number of nitrogens with one attached hydrogen (secondary N) is 1. The van der Waals surface area contributed by atoms with Crippen LogP contribution in [0.25, 0.3) is 0 Å². The van der Waals surface area contributed by atoms with Crippen LogP contribution in [-0.2, 0) is 16.1 Å². The molecule has 0 spiro atoms. The number of carbonyl (C=O) groups excluding carboxylic acids is 1. The second-order valence-corrected chi connectivity index (χ2v) is 5.02. The fourth-order valence-electron chi connectivity index (χ4n) is 2.55. The van der Waals surface area contributed by atoms with E-state index in [1.54, 1.807) is 13.1 Å². The van der Waals surface area contributed by atoms with Crippen molar-refractivity contribution in [3.63, 3.8) is 0 Å². The highest BCUT2D eigenvalue weighted by Crippen LogP contribution is 2.24. The molecule has 0 aliphatic carbocycles. The lowest BCUT2D eigenvalue weighted by atomic mass is 10.0. The first-order valence-corrected chi connectivity index (χ1v) is 7.35. The van der Waals surface area contributed by atoms with E-state index in [0.717, 1.165) is 25.8 Å². The molecule has 3 N–H and O–H groups in total.